The van der Waals surface area contributed by atoms with Gasteiger partial charge in [0.05, 0.1) is 5.37 Å². The van der Waals surface area contributed by atoms with Crippen molar-refractivity contribution in [3.8, 4) is 0 Å². The van der Waals surface area contributed by atoms with Gasteiger partial charge in [-0.2, -0.15) is 12.6 Å². The molecule has 0 saturated carbocycles. The Hall–Kier alpha value is 0.255. The molecule has 1 saturated heterocycles. The standard InChI is InChI=1S/C7H17BN2O2S/c1-5(9)7(13)10-4-2-3-6(10)8(11)12/h5-7,11-13H,2-4,9H2,1H3/t5-,6-,7?/m0/s1. The van der Waals surface area contributed by atoms with E-state index in [1.54, 1.807) is 0 Å². The number of hydrogen-bond acceptors (Lipinski definition) is 5. The third-order valence-corrected chi connectivity index (χ3v) is 3.26. The lowest BCUT2D eigenvalue weighted by Gasteiger charge is -2.31. The monoisotopic (exact) mass is 204 g/mol. The molecular formula is C7H17BN2O2S. The van der Waals surface area contributed by atoms with Crippen LogP contribution in [0.1, 0.15) is 19.8 Å². The summed E-state index contributed by atoms with van der Waals surface area (Å²) < 4.78 is 0. The summed E-state index contributed by atoms with van der Waals surface area (Å²) in [5, 5.41) is 18.1. The molecule has 3 atom stereocenters. The molecule has 0 aromatic carbocycles. The summed E-state index contributed by atoms with van der Waals surface area (Å²) in [5.41, 5.74) is 5.70. The van der Waals surface area contributed by atoms with Crippen LogP contribution in [0.2, 0.25) is 0 Å². The van der Waals surface area contributed by atoms with Gasteiger partial charge in [0, 0.05) is 12.0 Å². The van der Waals surface area contributed by atoms with Crippen molar-refractivity contribution in [3.05, 3.63) is 0 Å². The Morgan fingerprint density at radius 3 is 2.69 bits per heavy atom. The van der Waals surface area contributed by atoms with Crippen molar-refractivity contribution >= 4 is 19.7 Å². The number of thiol groups is 1. The molecule has 1 rings (SSSR count). The highest BCUT2D eigenvalue weighted by atomic mass is 32.1. The summed E-state index contributed by atoms with van der Waals surface area (Å²) in [6.07, 6.45) is 1.79. The van der Waals surface area contributed by atoms with Crippen molar-refractivity contribution < 1.29 is 10.0 Å². The highest BCUT2D eigenvalue weighted by molar-refractivity contribution is 7.80. The van der Waals surface area contributed by atoms with Gasteiger partial charge in [-0.05, 0) is 26.3 Å². The van der Waals surface area contributed by atoms with Crippen LogP contribution in [-0.2, 0) is 0 Å². The van der Waals surface area contributed by atoms with E-state index in [2.05, 4.69) is 12.6 Å². The fraction of sp³-hybridized carbons (Fsp3) is 1.00. The molecule has 0 aromatic heterocycles. The highest BCUT2D eigenvalue weighted by Crippen LogP contribution is 2.23. The van der Waals surface area contributed by atoms with E-state index in [4.69, 9.17) is 15.8 Å². The summed E-state index contributed by atoms with van der Waals surface area (Å²) in [6, 6.07) is -0.0670. The van der Waals surface area contributed by atoms with Gasteiger partial charge in [0.15, 0.2) is 0 Å². The van der Waals surface area contributed by atoms with E-state index < -0.39 is 7.12 Å². The van der Waals surface area contributed by atoms with Gasteiger partial charge in [-0.15, -0.1) is 0 Å². The second-order valence-electron chi connectivity index (χ2n) is 3.63. The van der Waals surface area contributed by atoms with Gasteiger partial charge in [-0.3, -0.25) is 4.90 Å². The van der Waals surface area contributed by atoms with Gasteiger partial charge >= 0.3 is 7.12 Å². The summed E-state index contributed by atoms with van der Waals surface area (Å²) in [5.74, 6) is -0.200. The minimum atomic E-state index is -1.28. The van der Waals surface area contributed by atoms with Crippen molar-refractivity contribution in [1.29, 1.82) is 0 Å². The maximum absolute atomic E-state index is 9.09. The molecule has 76 valence electrons. The largest absolute Gasteiger partial charge is 0.469 e. The number of rotatable bonds is 3. The van der Waals surface area contributed by atoms with Crippen molar-refractivity contribution in [2.75, 3.05) is 6.54 Å². The van der Waals surface area contributed by atoms with E-state index in [1.165, 1.54) is 0 Å². The van der Waals surface area contributed by atoms with Gasteiger partial charge in [-0.25, -0.2) is 0 Å². The van der Waals surface area contributed by atoms with E-state index >= 15 is 0 Å². The third-order valence-electron chi connectivity index (χ3n) is 2.50. The van der Waals surface area contributed by atoms with E-state index in [-0.39, 0.29) is 17.4 Å². The van der Waals surface area contributed by atoms with Crippen LogP contribution in [0.4, 0.5) is 0 Å². The maximum Gasteiger partial charge on any atom is 0.469 e. The lowest BCUT2D eigenvalue weighted by molar-refractivity contribution is 0.230. The van der Waals surface area contributed by atoms with Gasteiger partial charge in [0.25, 0.3) is 0 Å². The normalized spacial score (nSPS) is 28.8. The molecule has 13 heavy (non-hydrogen) atoms. The molecule has 0 amide bonds. The van der Waals surface area contributed by atoms with E-state index in [0.717, 1.165) is 19.4 Å². The molecule has 0 aromatic rings. The second kappa shape index (κ2) is 4.66. The van der Waals surface area contributed by atoms with Crippen LogP contribution in [0, 0.1) is 0 Å². The average Bonchev–Trinajstić information content (AvgIpc) is 2.50. The zero-order valence-corrected chi connectivity index (χ0v) is 8.69. The van der Waals surface area contributed by atoms with Gasteiger partial charge in [-0.1, -0.05) is 0 Å². The molecule has 0 spiro atoms. The van der Waals surface area contributed by atoms with Crippen molar-refractivity contribution in [2.24, 2.45) is 5.73 Å². The number of nitrogens with two attached hydrogens (primary N) is 1. The molecule has 6 heteroatoms. The first-order chi connectivity index (χ1) is 6.04. The van der Waals surface area contributed by atoms with Crippen LogP contribution in [-0.4, -0.2) is 46.0 Å². The molecule has 0 radical (unpaired) electrons. The Labute approximate surface area is 84.7 Å². The highest BCUT2D eigenvalue weighted by Gasteiger charge is 2.37. The first-order valence-corrected chi connectivity index (χ1v) is 5.11. The third kappa shape index (κ3) is 2.60. The Balaban J connectivity index is 2.57. The first kappa shape index (κ1) is 11.3. The second-order valence-corrected chi connectivity index (χ2v) is 4.16. The topological polar surface area (TPSA) is 69.7 Å². The Kier molecular flexibility index (Phi) is 4.06. The Morgan fingerprint density at radius 1 is 1.62 bits per heavy atom. The van der Waals surface area contributed by atoms with Crippen LogP contribution in [0.25, 0.3) is 0 Å². The molecule has 0 aliphatic carbocycles. The number of nitrogens with zero attached hydrogens (tertiary/aromatic N) is 1. The molecule has 1 heterocycles. The van der Waals surface area contributed by atoms with E-state index in [9.17, 15) is 0 Å². The van der Waals surface area contributed by atoms with Gasteiger partial charge < -0.3 is 15.8 Å². The smallest absolute Gasteiger partial charge is 0.426 e. The van der Waals surface area contributed by atoms with Gasteiger partial charge in [0.2, 0.25) is 0 Å². The molecule has 0 bridgehead atoms. The summed E-state index contributed by atoms with van der Waals surface area (Å²) in [6.45, 7) is 2.72. The predicted octanol–water partition coefficient (Wildman–Crippen LogP) is -0.934. The maximum atomic E-state index is 9.09. The summed E-state index contributed by atoms with van der Waals surface area (Å²) in [7, 11) is -1.28. The zero-order valence-electron chi connectivity index (χ0n) is 7.80. The van der Waals surface area contributed by atoms with E-state index in [1.807, 2.05) is 11.8 Å². The Morgan fingerprint density at radius 2 is 2.23 bits per heavy atom. The lowest BCUT2D eigenvalue weighted by Crippen LogP contribution is -2.50. The quantitative estimate of drug-likeness (QED) is 0.354. The Bertz CT molecular complexity index is 171. The molecule has 1 unspecified atom stereocenters. The SMILES string of the molecule is C[C@H](N)C(S)N1CCC[C@H]1B(O)O. The molecule has 1 aliphatic rings. The molecule has 4 N–H and O–H groups in total. The molecular weight excluding hydrogens is 187 g/mol. The summed E-state index contributed by atoms with van der Waals surface area (Å²) >= 11 is 4.35. The molecule has 1 aliphatic heterocycles. The van der Waals surface area contributed by atoms with Crippen molar-refractivity contribution in [3.63, 3.8) is 0 Å². The minimum Gasteiger partial charge on any atom is -0.426 e. The van der Waals surface area contributed by atoms with Crippen LogP contribution < -0.4 is 5.73 Å². The summed E-state index contributed by atoms with van der Waals surface area (Å²) in [4.78, 5) is 1.96. The van der Waals surface area contributed by atoms with Gasteiger partial charge in [0.1, 0.15) is 0 Å². The fourth-order valence-electron chi connectivity index (χ4n) is 1.77. The lowest BCUT2D eigenvalue weighted by atomic mass is 9.78. The first-order valence-electron chi connectivity index (χ1n) is 4.59. The van der Waals surface area contributed by atoms with Crippen molar-refractivity contribution in [1.82, 2.24) is 4.90 Å². The van der Waals surface area contributed by atoms with Crippen LogP contribution in [0.15, 0.2) is 0 Å². The molecule has 1 fully saturated rings. The van der Waals surface area contributed by atoms with Crippen LogP contribution >= 0.6 is 12.6 Å². The van der Waals surface area contributed by atoms with Crippen LogP contribution in [0.3, 0.4) is 0 Å². The predicted molar refractivity (Wildman–Crippen MR) is 56.3 cm³/mol. The average molecular weight is 204 g/mol. The van der Waals surface area contributed by atoms with Crippen LogP contribution in [0.5, 0.6) is 0 Å². The minimum absolute atomic E-state index is 0.0670. The van der Waals surface area contributed by atoms with E-state index in [0.29, 0.717) is 0 Å². The van der Waals surface area contributed by atoms with Crippen molar-refractivity contribution in [2.45, 2.75) is 37.1 Å². The zero-order chi connectivity index (χ0) is 10.0. The fourth-order valence-corrected chi connectivity index (χ4v) is 2.05. The number of likely N-dealkylation sites (tertiary alicyclic amines) is 1. The number of hydrogen-bond donors (Lipinski definition) is 4. The molecule has 4 nitrogen and oxygen atoms in total.